The first-order chi connectivity index (χ1) is 22.0. The van der Waals surface area contributed by atoms with E-state index < -0.39 is 0 Å². The minimum Gasteiger partial charge on any atom is -0.341 e. The molecule has 5 rings (SSSR count). The van der Waals surface area contributed by atoms with E-state index in [1.807, 2.05) is 31.2 Å². The fraction of sp³-hybridized carbons (Fsp3) is 0.341. The Kier molecular flexibility index (Phi) is 12.4. The number of hydrogen-bond acceptors (Lipinski definition) is 3. The Bertz CT molecular complexity index is 1620. The fourth-order valence-corrected chi connectivity index (χ4v) is 5.83. The van der Waals surface area contributed by atoms with E-state index in [9.17, 15) is 8.78 Å². The zero-order valence-electron chi connectivity index (χ0n) is 28.1. The lowest BCUT2D eigenvalue weighted by Crippen LogP contribution is -2.37. The number of hydrogen-bond donors (Lipinski definition) is 1. The lowest BCUT2D eigenvalue weighted by molar-refractivity contribution is 0.190. The number of anilines is 1. The predicted octanol–water partition coefficient (Wildman–Crippen LogP) is 10.5. The number of nitrogens with zero attached hydrogens (tertiary/aromatic N) is 2. The van der Waals surface area contributed by atoms with Crippen molar-refractivity contribution in [3.63, 3.8) is 0 Å². The highest BCUT2D eigenvalue weighted by Crippen LogP contribution is 2.33. The first-order valence-corrected chi connectivity index (χ1v) is 16.5. The SMILES string of the molecule is C=C(C1CCN(Cc2ccc(C(=N)c3cccc(F)c3)c(C)c2)CC1)N(Cc1cccc(F)c1)c1ccccc1C.CCC(C)C. The van der Waals surface area contributed by atoms with Crippen molar-refractivity contribution in [2.45, 2.75) is 67.0 Å². The Hall–Kier alpha value is -4.09. The van der Waals surface area contributed by atoms with Crippen LogP contribution in [0.2, 0.25) is 0 Å². The molecule has 46 heavy (non-hydrogen) atoms. The highest BCUT2D eigenvalue weighted by Gasteiger charge is 2.26. The summed E-state index contributed by atoms with van der Waals surface area (Å²) < 4.78 is 27.7. The molecule has 0 amide bonds. The second-order valence-corrected chi connectivity index (χ2v) is 12.9. The zero-order chi connectivity index (χ0) is 33.2. The van der Waals surface area contributed by atoms with E-state index in [1.165, 1.54) is 35.7 Å². The summed E-state index contributed by atoms with van der Waals surface area (Å²) in [7, 11) is 0. The second-order valence-electron chi connectivity index (χ2n) is 12.9. The fourth-order valence-electron chi connectivity index (χ4n) is 5.83. The molecule has 0 atom stereocenters. The van der Waals surface area contributed by atoms with Gasteiger partial charge in [-0.2, -0.15) is 0 Å². The van der Waals surface area contributed by atoms with Crippen LogP contribution < -0.4 is 4.90 Å². The maximum Gasteiger partial charge on any atom is 0.123 e. The van der Waals surface area contributed by atoms with Crippen LogP contribution in [0, 0.1) is 42.7 Å². The van der Waals surface area contributed by atoms with Crippen molar-refractivity contribution in [1.29, 1.82) is 5.41 Å². The first-order valence-electron chi connectivity index (χ1n) is 16.5. The average molecular weight is 622 g/mol. The standard InChI is InChI=1S/C36H37F2N3.C5H12/c1-25-8-4-5-13-35(25)41(24-28-9-6-11-32(37)21-28)27(3)30-16-18-40(19-17-30)23-29-14-15-34(26(2)20-29)36(39)31-10-7-12-33(38)22-31;1-4-5(2)3/h4-15,20-22,30,39H,3,16-19,23-24H2,1-2H3;5H,4H2,1-3H3. The Balaban J connectivity index is 0.000000892. The van der Waals surface area contributed by atoms with Crippen LogP contribution in [0.3, 0.4) is 0 Å². The van der Waals surface area contributed by atoms with Crippen LogP contribution in [0.1, 0.15) is 73.4 Å². The molecule has 242 valence electrons. The number of halogens is 2. The van der Waals surface area contributed by atoms with Gasteiger partial charge in [-0.3, -0.25) is 10.3 Å². The summed E-state index contributed by atoms with van der Waals surface area (Å²) in [6.45, 7) is 18.7. The van der Waals surface area contributed by atoms with E-state index in [-0.39, 0.29) is 11.6 Å². The van der Waals surface area contributed by atoms with E-state index in [2.05, 4.69) is 68.3 Å². The number of aryl methyl sites for hydroxylation is 2. The van der Waals surface area contributed by atoms with Crippen molar-refractivity contribution in [1.82, 2.24) is 4.90 Å². The summed E-state index contributed by atoms with van der Waals surface area (Å²) >= 11 is 0. The number of benzene rings is 4. The van der Waals surface area contributed by atoms with Crippen LogP contribution in [0.15, 0.2) is 103 Å². The van der Waals surface area contributed by atoms with Gasteiger partial charge in [0.2, 0.25) is 0 Å². The molecule has 1 aliphatic rings. The van der Waals surface area contributed by atoms with Gasteiger partial charge in [0.15, 0.2) is 0 Å². The molecule has 0 spiro atoms. The monoisotopic (exact) mass is 621 g/mol. The van der Waals surface area contributed by atoms with Crippen LogP contribution in [0.5, 0.6) is 0 Å². The molecule has 4 aromatic rings. The summed E-state index contributed by atoms with van der Waals surface area (Å²) in [6.07, 6.45) is 3.32. The van der Waals surface area contributed by atoms with Crippen LogP contribution in [-0.2, 0) is 13.1 Å². The van der Waals surface area contributed by atoms with E-state index in [0.717, 1.165) is 66.5 Å². The van der Waals surface area contributed by atoms with E-state index in [4.69, 9.17) is 5.41 Å². The second kappa shape index (κ2) is 16.5. The van der Waals surface area contributed by atoms with Gasteiger partial charge >= 0.3 is 0 Å². The number of rotatable bonds is 10. The van der Waals surface area contributed by atoms with Gasteiger partial charge in [-0.05, 0) is 98.3 Å². The highest BCUT2D eigenvalue weighted by molar-refractivity contribution is 6.11. The lowest BCUT2D eigenvalue weighted by atomic mass is 9.91. The summed E-state index contributed by atoms with van der Waals surface area (Å²) in [4.78, 5) is 4.74. The van der Waals surface area contributed by atoms with Crippen LogP contribution in [0.4, 0.5) is 14.5 Å². The molecule has 1 aliphatic heterocycles. The molecule has 0 radical (unpaired) electrons. The molecule has 3 nitrogen and oxygen atoms in total. The molecule has 0 saturated carbocycles. The molecule has 4 aromatic carbocycles. The minimum absolute atomic E-state index is 0.222. The van der Waals surface area contributed by atoms with Gasteiger partial charge in [0.05, 0.1) is 5.71 Å². The van der Waals surface area contributed by atoms with Crippen molar-refractivity contribution >= 4 is 11.4 Å². The third-order valence-electron chi connectivity index (χ3n) is 8.94. The van der Waals surface area contributed by atoms with Crippen molar-refractivity contribution in [2.24, 2.45) is 11.8 Å². The molecule has 0 aromatic heterocycles. The van der Waals surface area contributed by atoms with Gasteiger partial charge in [-0.15, -0.1) is 0 Å². The van der Waals surface area contributed by atoms with Crippen LogP contribution in [0.25, 0.3) is 0 Å². The Morgan fingerprint density at radius 3 is 2.11 bits per heavy atom. The van der Waals surface area contributed by atoms with Crippen molar-refractivity contribution in [3.05, 3.63) is 148 Å². The largest absolute Gasteiger partial charge is 0.341 e. The van der Waals surface area contributed by atoms with Gasteiger partial charge in [0, 0.05) is 41.5 Å². The quantitative estimate of drug-likeness (QED) is 0.179. The Labute approximate surface area is 275 Å². The van der Waals surface area contributed by atoms with Gasteiger partial charge < -0.3 is 4.90 Å². The van der Waals surface area contributed by atoms with Gasteiger partial charge in [0.1, 0.15) is 11.6 Å². The molecule has 1 heterocycles. The summed E-state index contributed by atoms with van der Waals surface area (Å²) in [5.74, 6) is 0.675. The molecule has 1 fully saturated rings. The number of likely N-dealkylation sites (tertiary alicyclic amines) is 1. The molecule has 0 aliphatic carbocycles. The van der Waals surface area contributed by atoms with E-state index in [0.29, 0.717) is 23.7 Å². The molecule has 0 unspecified atom stereocenters. The highest BCUT2D eigenvalue weighted by atomic mass is 19.1. The lowest BCUT2D eigenvalue weighted by Gasteiger charge is -2.38. The van der Waals surface area contributed by atoms with Crippen LogP contribution in [-0.4, -0.2) is 23.7 Å². The third kappa shape index (κ3) is 9.46. The first kappa shape index (κ1) is 34.8. The van der Waals surface area contributed by atoms with Crippen molar-refractivity contribution in [3.8, 4) is 0 Å². The molecular formula is C41H49F2N3. The van der Waals surface area contributed by atoms with E-state index in [1.54, 1.807) is 24.3 Å². The maximum atomic E-state index is 14.0. The maximum absolute atomic E-state index is 14.0. The molecule has 5 heteroatoms. The molecular weight excluding hydrogens is 572 g/mol. The van der Waals surface area contributed by atoms with Crippen LogP contribution >= 0.6 is 0 Å². The number of piperidine rings is 1. The third-order valence-corrected chi connectivity index (χ3v) is 8.94. The zero-order valence-corrected chi connectivity index (χ0v) is 28.1. The number of nitrogens with one attached hydrogen (secondary N) is 1. The Morgan fingerprint density at radius 2 is 1.50 bits per heavy atom. The molecule has 1 saturated heterocycles. The van der Waals surface area contributed by atoms with Gasteiger partial charge in [-0.25, -0.2) is 8.78 Å². The van der Waals surface area contributed by atoms with Gasteiger partial charge in [-0.1, -0.05) is 94.4 Å². The van der Waals surface area contributed by atoms with Crippen molar-refractivity contribution < 1.29 is 8.78 Å². The normalized spacial score (nSPS) is 13.7. The Morgan fingerprint density at radius 1 is 0.848 bits per heavy atom. The number of para-hydroxylation sites is 1. The summed E-state index contributed by atoms with van der Waals surface area (Å²) in [6, 6.07) is 27.6. The van der Waals surface area contributed by atoms with Gasteiger partial charge in [0.25, 0.3) is 0 Å². The summed E-state index contributed by atoms with van der Waals surface area (Å²) in [5.41, 5.74) is 8.27. The number of allylic oxidation sites excluding steroid dienone is 1. The van der Waals surface area contributed by atoms with Crippen molar-refractivity contribution in [2.75, 3.05) is 18.0 Å². The predicted molar refractivity (Wildman–Crippen MR) is 190 cm³/mol. The average Bonchev–Trinajstić information content (AvgIpc) is 3.04. The molecule has 0 bridgehead atoms. The minimum atomic E-state index is -0.330. The topological polar surface area (TPSA) is 30.3 Å². The van der Waals surface area contributed by atoms with E-state index >= 15 is 0 Å². The molecule has 1 N–H and O–H groups in total. The smallest absolute Gasteiger partial charge is 0.123 e. The summed E-state index contributed by atoms with van der Waals surface area (Å²) in [5, 5.41) is 8.58.